The first kappa shape index (κ1) is 27.7. The topological polar surface area (TPSA) is 58.9 Å². The Kier molecular flexibility index (Phi) is 8.83. The Balaban J connectivity index is 1.47. The maximum atomic E-state index is 10.4. The van der Waals surface area contributed by atoms with Crippen LogP contribution in [0.2, 0.25) is 0 Å². The van der Waals surface area contributed by atoms with E-state index in [0.29, 0.717) is 0 Å². The van der Waals surface area contributed by atoms with Crippen LogP contribution in [0.15, 0.2) is 75.7 Å². The number of ether oxygens (including phenoxy) is 2. The molecule has 4 atom stereocenters. The van der Waals surface area contributed by atoms with Crippen molar-refractivity contribution < 1.29 is 19.7 Å². The van der Waals surface area contributed by atoms with Crippen LogP contribution in [0.25, 0.3) is 0 Å². The third-order valence-electron chi connectivity index (χ3n) is 8.26. The molecule has 0 bridgehead atoms. The molecule has 4 unspecified atom stereocenters. The Morgan fingerprint density at radius 2 is 1.08 bits per heavy atom. The summed E-state index contributed by atoms with van der Waals surface area (Å²) in [5, 5.41) is 20.8. The van der Waals surface area contributed by atoms with Gasteiger partial charge >= 0.3 is 0 Å². The second kappa shape index (κ2) is 12.1. The zero-order valence-corrected chi connectivity index (χ0v) is 25.0. The minimum atomic E-state index is -0.446. The summed E-state index contributed by atoms with van der Waals surface area (Å²) >= 11 is 7.52. The minimum Gasteiger partial charge on any atom is -0.487 e. The predicted molar refractivity (Wildman–Crippen MR) is 158 cm³/mol. The van der Waals surface area contributed by atoms with Crippen LogP contribution in [-0.4, -0.2) is 34.6 Å². The monoisotopic (exact) mass is 642 g/mol. The summed E-state index contributed by atoms with van der Waals surface area (Å²) in [7, 11) is 0. The molecule has 3 aromatic carbocycles. The van der Waals surface area contributed by atoms with Crippen LogP contribution in [0, 0.1) is 0 Å². The van der Waals surface area contributed by atoms with Gasteiger partial charge in [-0.1, -0.05) is 55.3 Å². The molecule has 6 heteroatoms. The molecular formula is C32H36Br2O4. The molecule has 0 saturated heterocycles. The van der Waals surface area contributed by atoms with E-state index in [-0.39, 0.29) is 12.2 Å². The summed E-state index contributed by atoms with van der Waals surface area (Å²) < 4.78 is 14.3. The SMILES string of the molecule is CC(c1ccccc1)(c1ccc(OC2CCCCC2O)c(Br)c1)c1ccc(OC2CCCCC2O)c(Br)c1. The smallest absolute Gasteiger partial charge is 0.134 e. The van der Waals surface area contributed by atoms with Crippen LogP contribution < -0.4 is 9.47 Å². The van der Waals surface area contributed by atoms with Crippen molar-refractivity contribution in [2.45, 2.75) is 88.1 Å². The lowest BCUT2D eigenvalue weighted by Crippen LogP contribution is -2.34. The van der Waals surface area contributed by atoms with E-state index in [1.54, 1.807) is 0 Å². The maximum absolute atomic E-state index is 10.4. The van der Waals surface area contributed by atoms with E-state index in [0.717, 1.165) is 82.9 Å². The Hall–Kier alpha value is -1.86. The van der Waals surface area contributed by atoms with Crippen molar-refractivity contribution in [2.75, 3.05) is 0 Å². The average molecular weight is 644 g/mol. The molecule has 4 nitrogen and oxygen atoms in total. The van der Waals surface area contributed by atoms with Crippen molar-refractivity contribution in [2.24, 2.45) is 0 Å². The molecule has 2 saturated carbocycles. The lowest BCUT2D eigenvalue weighted by Gasteiger charge is -2.34. The zero-order valence-electron chi connectivity index (χ0n) is 21.8. The van der Waals surface area contributed by atoms with Gasteiger partial charge in [0.15, 0.2) is 0 Å². The van der Waals surface area contributed by atoms with Crippen molar-refractivity contribution in [3.63, 3.8) is 0 Å². The average Bonchev–Trinajstić information content (AvgIpc) is 2.93. The summed E-state index contributed by atoms with van der Waals surface area (Å²) in [5.41, 5.74) is 2.97. The van der Waals surface area contributed by atoms with Gasteiger partial charge in [0, 0.05) is 5.41 Å². The molecule has 2 aliphatic rings. The van der Waals surface area contributed by atoms with Crippen molar-refractivity contribution in [1.82, 2.24) is 0 Å². The van der Waals surface area contributed by atoms with Gasteiger partial charge < -0.3 is 19.7 Å². The number of hydrogen-bond acceptors (Lipinski definition) is 4. The van der Waals surface area contributed by atoms with Gasteiger partial charge in [-0.05, 0) is 118 Å². The highest BCUT2D eigenvalue weighted by Gasteiger charge is 2.33. The molecule has 38 heavy (non-hydrogen) atoms. The van der Waals surface area contributed by atoms with Crippen molar-refractivity contribution in [3.05, 3.63) is 92.4 Å². The standard InChI is InChI=1S/C32H36Br2O4/c1-32(21-9-3-2-4-10-21,22-15-17-28(24(33)19-22)37-30-13-7-5-11-26(30)35)23-16-18-29(25(34)20-23)38-31-14-8-6-12-27(31)36/h2-4,9-10,15-20,26-27,30-31,35-36H,5-8,11-14H2,1H3. The van der Waals surface area contributed by atoms with Gasteiger partial charge in [0.25, 0.3) is 0 Å². The Bertz CT molecular complexity index is 1160. The molecule has 2 N–H and O–H groups in total. The quantitative estimate of drug-likeness (QED) is 0.257. The largest absolute Gasteiger partial charge is 0.487 e. The van der Waals surface area contributed by atoms with Gasteiger partial charge in [-0.25, -0.2) is 0 Å². The van der Waals surface area contributed by atoms with Crippen LogP contribution in [0.1, 0.15) is 75.0 Å². The van der Waals surface area contributed by atoms with Gasteiger partial charge in [-0.3, -0.25) is 0 Å². The molecule has 2 fully saturated rings. The van der Waals surface area contributed by atoms with E-state index < -0.39 is 17.6 Å². The lowest BCUT2D eigenvalue weighted by atomic mass is 9.71. The number of aliphatic hydroxyl groups excluding tert-OH is 2. The fraction of sp³-hybridized carbons (Fsp3) is 0.438. The number of benzene rings is 3. The van der Waals surface area contributed by atoms with Gasteiger partial charge in [0.1, 0.15) is 23.7 Å². The molecule has 0 heterocycles. The van der Waals surface area contributed by atoms with E-state index >= 15 is 0 Å². The minimum absolute atomic E-state index is 0.169. The van der Waals surface area contributed by atoms with Crippen LogP contribution >= 0.6 is 31.9 Å². The van der Waals surface area contributed by atoms with E-state index in [4.69, 9.17) is 9.47 Å². The highest BCUT2D eigenvalue weighted by molar-refractivity contribution is 9.10. The Morgan fingerprint density at radius 1 is 0.632 bits per heavy atom. The van der Waals surface area contributed by atoms with Gasteiger partial charge in [0.05, 0.1) is 21.2 Å². The van der Waals surface area contributed by atoms with E-state index in [9.17, 15) is 10.2 Å². The number of hydrogen-bond donors (Lipinski definition) is 2. The van der Waals surface area contributed by atoms with Crippen molar-refractivity contribution >= 4 is 31.9 Å². The summed E-state index contributed by atoms with van der Waals surface area (Å²) in [4.78, 5) is 0. The number of rotatable bonds is 7. The zero-order chi connectivity index (χ0) is 26.7. The molecule has 0 amide bonds. The summed E-state index contributed by atoms with van der Waals surface area (Å²) in [5.74, 6) is 1.51. The molecular weight excluding hydrogens is 608 g/mol. The van der Waals surface area contributed by atoms with Crippen molar-refractivity contribution in [1.29, 1.82) is 0 Å². The summed E-state index contributed by atoms with van der Waals surface area (Å²) in [6, 6.07) is 23.0. The second-order valence-corrected chi connectivity index (χ2v) is 12.5. The molecule has 0 aliphatic heterocycles. The van der Waals surface area contributed by atoms with Crippen LogP contribution in [0.4, 0.5) is 0 Å². The lowest BCUT2D eigenvalue weighted by molar-refractivity contribution is 0.00647. The number of aliphatic hydroxyl groups is 2. The molecule has 2 aliphatic carbocycles. The number of halogens is 2. The van der Waals surface area contributed by atoms with Crippen LogP contribution in [0.5, 0.6) is 11.5 Å². The Labute approximate surface area is 242 Å². The third kappa shape index (κ3) is 5.84. The fourth-order valence-electron chi connectivity index (χ4n) is 5.84. The highest BCUT2D eigenvalue weighted by Crippen LogP contribution is 2.44. The highest BCUT2D eigenvalue weighted by atomic mass is 79.9. The summed E-state index contributed by atoms with van der Waals surface area (Å²) in [6.07, 6.45) is 6.42. The molecule has 202 valence electrons. The van der Waals surface area contributed by atoms with Crippen LogP contribution in [-0.2, 0) is 5.41 Å². The first-order chi connectivity index (χ1) is 18.4. The first-order valence-electron chi connectivity index (χ1n) is 13.7. The van der Waals surface area contributed by atoms with E-state index in [1.807, 2.05) is 18.2 Å². The second-order valence-electron chi connectivity index (χ2n) is 10.8. The molecule has 5 rings (SSSR count). The maximum Gasteiger partial charge on any atom is 0.134 e. The molecule has 0 aromatic heterocycles. The van der Waals surface area contributed by atoms with E-state index in [1.165, 1.54) is 5.56 Å². The third-order valence-corrected chi connectivity index (χ3v) is 9.50. The molecule has 0 spiro atoms. The predicted octanol–water partition coefficient (Wildman–Crippen LogP) is 7.93. The van der Waals surface area contributed by atoms with Crippen LogP contribution in [0.3, 0.4) is 0 Å². The Morgan fingerprint density at radius 3 is 1.50 bits per heavy atom. The normalized spacial score (nSPS) is 25.4. The molecule has 3 aromatic rings. The first-order valence-corrected chi connectivity index (χ1v) is 15.3. The summed E-state index contributed by atoms with van der Waals surface area (Å²) in [6.45, 7) is 2.24. The molecule has 0 radical (unpaired) electrons. The van der Waals surface area contributed by atoms with E-state index in [2.05, 4.69) is 87.3 Å². The van der Waals surface area contributed by atoms with Gasteiger partial charge in [-0.2, -0.15) is 0 Å². The fourth-order valence-corrected chi connectivity index (χ4v) is 6.79. The van der Waals surface area contributed by atoms with Crippen molar-refractivity contribution in [3.8, 4) is 11.5 Å². The van der Waals surface area contributed by atoms with Gasteiger partial charge in [0.2, 0.25) is 0 Å². The van der Waals surface area contributed by atoms with Gasteiger partial charge in [-0.15, -0.1) is 0 Å².